The summed E-state index contributed by atoms with van der Waals surface area (Å²) in [7, 11) is 0. The van der Waals surface area contributed by atoms with Gasteiger partial charge in [0.1, 0.15) is 11.5 Å². The Morgan fingerprint density at radius 2 is 1.71 bits per heavy atom. The van der Waals surface area contributed by atoms with Crippen molar-refractivity contribution in [2.24, 2.45) is 0 Å². The van der Waals surface area contributed by atoms with Gasteiger partial charge in [0.2, 0.25) is 0 Å². The fourth-order valence-electron chi connectivity index (χ4n) is 2.88. The molecule has 0 saturated heterocycles. The highest BCUT2D eigenvalue weighted by atomic mass is 16.6. The van der Waals surface area contributed by atoms with E-state index < -0.39 is 10.8 Å². The molecule has 0 heterocycles. The third kappa shape index (κ3) is 5.66. The minimum absolute atomic E-state index is 0.0398. The fraction of sp³-hybridized carbons (Fsp3) is 0.130. The van der Waals surface area contributed by atoms with Crippen LogP contribution >= 0.6 is 0 Å². The van der Waals surface area contributed by atoms with Gasteiger partial charge in [-0.25, -0.2) is 0 Å². The van der Waals surface area contributed by atoms with Gasteiger partial charge in [0, 0.05) is 30.8 Å². The molecule has 0 aliphatic carbocycles. The van der Waals surface area contributed by atoms with Crippen LogP contribution in [0.3, 0.4) is 0 Å². The number of benzene rings is 3. The van der Waals surface area contributed by atoms with Crippen LogP contribution in [0, 0.1) is 10.1 Å². The Morgan fingerprint density at radius 3 is 2.42 bits per heavy atom. The number of rotatable bonds is 8. The Balaban J connectivity index is 1.80. The Labute approximate surface area is 179 Å². The highest BCUT2D eigenvalue weighted by Gasteiger charge is 2.18. The van der Waals surface area contributed by atoms with Crippen molar-refractivity contribution < 1.29 is 19.2 Å². The van der Waals surface area contributed by atoms with Crippen molar-refractivity contribution in [1.29, 1.82) is 0 Å². The van der Waals surface area contributed by atoms with E-state index in [2.05, 4.69) is 10.6 Å². The highest BCUT2D eigenvalue weighted by molar-refractivity contribution is 5.98. The molecule has 3 aromatic carbocycles. The Kier molecular flexibility index (Phi) is 6.95. The summed E-state index contributed by atoms with van der Waals surface area (Å²) in [4.78, 5) is 35.4. The largest absolute Gasteiger partial charge is 0.457 e. The number of nitrogens with zero attached hydrogens (tertiary/aromatic N) is 1. The number of carbonyl (C=O) groups excluding carboxylic acids is 2. The van der Waals surface area contributed by atoms with E-state index in [0.717, 1.165) is 0 Å². The van der Waals surface area contributed by atoms with E-state index in [0.29, 0.717) is 23.4 Å². The van der Waals surface area contributed by atoms with E-state index in [1.165, 1.54) is 18.2 Å². The molecule has 0 spiro atoms. The number of nitro groups is 1. The fourth-order valence-corrected chi connectivity index (χ4v) is 2.88. The van der Waals surface area contributed by atoms with E-state index in [1.807, 2.05) is 13.0 Å². The number of non-ortho nitro benzene ring substituents is 1. The molecule has 8 nitrogen and oxygen atoms in total. The molecule has 0 atom stereocenters. The summed E-state index contributed by atoms with van der Waals surface area (Å²) in [5, 5.41) is 16.6. The normalized spacial score (nSPS) is 10.2. The molecule has 2 N–H and O–H groups in total. The Bertz CT molecular complexity index is 1100. The second kappa shape index (κ2) is 10.0. The van der Waals surface area contributed by atoms with Crippen LogP contribution in [0.1, 0.15) is 33.2 Å². The lowest BCUT2D eigenvalue weighted by Crippen LogP contribution is -2.25. The van der Waals surface area contributed by atoms with Gasteiger partial charge in [-0.05, 0) is 42.8 Å². The quantitative estimate of drug-likeness (QED) is 0.422. The van der Waals surface area contributed by atoms with Crippen molar-refractivity contribution in [3.63, 3.8) is 0 Å². The second-order valence-corrected chi connectivity index (χ2v) is 6.60. The third-order valence-electron chi connectivity index (χ3n) is 4.37. The second-order valence-electron chi connectivity index (χ2n) is 6.60. The van der Waals surface area contributed by atoms with Crippen molar-refractivity contribution in [1.82, 2.24) is 10.6 Å². The summed E-state index contributed by atoms with van der Waals surface area (Å²) in [6.07, 6.45) is 0. The van der Waals surface area contributed by atoms with Gasteiger partial charge in [-0.15, -0.1) is 0 Å². The lowest BCUT2D eigenvalue weighted by Gasteiger charge is -2.12. The molecule has 8 heteroatoms. The molecule has 0 aliphatic heterocycles. The number of hydrogen-bond donors (Lipinski definition) is 2. The van der Waals surface area contributed by atoms with Crippen molar-refractivity contribution >= 4 is 17.5 Å². The van der Waals surface area contributed by atoms with Crippen LogP contribution in [0.4, 0.5) is 5.69 Å². The summed E-state index contributed by atoms with van der Waals surface area (Å²) in [6, 6.07) is 19.5. The zero-order chi connectivity index (χ0) is 22.2. The molecule has 0 radical (unpaired) electrons. The number of nitro benzene ring substituents is 1. The van der Waals surface area contributed by atoms with E-state index >= 15 is 0 Å². The van der Waals surface area contributed by atoms with E-state index in [4.69, 9.17) is 4.74 Å². The summed E-state index contributed by atoms with van der Waals surface area (Å²) < 4.78 is 5.76. The molecule has 0 aliphatic rings. The molecule has 2 amide bonds. The summed E-state index contributed by atoms with van der Waals surface area (Å²) in [5.74, 6) is -0.0311. The van der Waals surface area contributed by atoms with Crippen LogP contribution in [0.2, 0.25) is 0 Å². The minimum Gasteiger partial charge on any atom is -0.457 e. The average Bonchev–Trinajstić information content (AvgIpc) is 2.78. The van der Waals surface area contributed by atoms with E-state index in [-0.39, 0.29) is 29.5 Å². The summed E-state index contributed by atoms with van der Waals surface area (Å²) in [6.45, 7) is 2.48. The van der Waals surface area contributed by atoms with Gasteiger partial charge in [0.05, 0.1) is 10.5 Å². The molecule has 3 aromatic rings. The number of para-hydroxylation sites is 1. The first-order chi connectivity index (χ1) is 15.0. The SMILES string of the molecule is CCNC(=O)c1cccc(CNC(=O)c2cc([N+](=O)[O-])ccc2Oc2ccccc2)c1. The first-order valence-corrected chi connectivity index (χ1v) is 9.64. The van der Waals surface area contributed by atoms with Gasteiger partial charge >= 0.3 is 0 Å². The molecule has 0 fully saturated rings. The Morgan fingerprint density at radius 1 is 0.935 bits per heavy atom. The first-order valence-electron chi connectivity index (χ1n) is 9.64. The maximum Gasteiger partial charge on any atom is 0.270 e. The zero-order valence-electron chi connectivity index (χ0n) is 16.8. The van der Waals surface area contributed by atoms with Gasteiger partial charge in [0.25, 0.3) is 17.5 Å². The van der Waals surface area contributed by atoms with Crippen molar-refractivity contribution in [2.45, 2.75) is 13.5 Å². The predicted octanol–water partition coefficient (Wildman–Crippen LogP) is 4.07. The number of nitrogens with one attached hydrogen (secondary N) is 2. The number of amides is 2. The smallest absolute Gasteiger partial charge is 0.270 e. The molecular formula is C23H21N3O5. The summed E-state index contributed by atoms with van der Waals surface area (Å²) >= 11 is 0. The van der Waals surface area contributed by atoms with Crippen molar-refractivity contribution in [3.05, 3.63) is 99.6 Å². The van der Waals surface area contributed by atoms with E-state index in [9.17, 15) is 19.7 Å². The van der Waals surface area contributed by atoms with Gasteiger partial charge < -0.3 is 15.4 Å². The lowest BCUT2D eigenvalue weighted by atomic mass is 10.1. The lowest BCUT2D eigenvalue weighted by molar-refractivity contribution is -0.384. The number of ether oxygens (including phenoxy) is 1. The highest BCUT2D eigenvalue weighted by Crippen LogP contribution is 2.28. The monoisotopic (exact) mass is 419 g/mol. The average molecular weight is 419 g/mol. The number of carbonyl (C=O) groups is 2. The molecule has 3 rings (SSSR count). The predicted molar refractivity (Wildman–Crippen MR) is 115 cm³/mol. The minimum atomic E-state index is -0.571. The molecule has 0 saturated carbocycles. The van der Waals surface area contributed by atoms with Crippen LogP contribution in [0.5, 0.6) is 11.5 Å². The van der Waals surface area contributed by atoms with Crippen LogP contribution in [0.25, 0.3) is 0 Å². The van der Waals surface area contributed by atoms with Crippen LogP contribution < -0.4 is 15.4 Å². The molecule has 0 unspecified atom stereocenters. The van der Waals surface area contributed by atoms with Crippen LogP contribution in [-0.4, -0.2) is 23.3 Å². The van der Waals surface area contributed by atoms with Gasteiger partial charge in [-0.3, -0.25) is 19.7 Å². The van der Waals surface area contributed by atoms with Crippen molar-refractivity contribution in [2.75, 3.05) is 6.54 Å². The Hall–Kier alpha value is -4.20. The molecule has 0 aromatic heterocycles. The molecule has 158 valence electrons. The van der Waals surface area contributed by atoms with Crippen LogP contribution in [0.15, 0.2) is 72.8 Å². The first kappa shape index (κ1) is 21.5. The third-order valence-corrected chi connectivity index (χ3v) is 4.37. The van der Waals surface area contributed by atoms with E-state index in [1.54, 1.807) is 48.5 Å². The maximum atomic E-state index is 12.8. The zero-order valence-corrected chi connectivity index (χ0v) is 16.8. The maximum absolute atomic E-state index is 12.8. The molecule has 0 bridgehead atoms. The van der Waals surface area contributed by atoms with Gasteiger partial charge in [0.15, 0.2) is 0 Å². The van der Waals surface area contributed by atoms with Gasteiger partial charge in [-0.2, -0.15) is 0 Å². The van der Waals surface area contributed by atoms with Crippen LogP contribution in [-0.2, 0) is 6.54 Å². The van der Waals surface area contributed by atoms with Crippen molar-refractivity contribution in [3.8, 4) is 11.5 Å². The topological polar surface area (TPSA) is 111 Å². The molecular weight excluding hydrogens is 398 g/mol. The van der Waals surface area contributed by atoms with Gasteiger partial charge in [-0.1, -0.05) is 30.3 Å². The number of hydrogen-bond acceptors (Lipinski definition) is 5. The molecule has 31 heavy (non-hydrogen) atoms. The standard InChI is InChI=1S/C23H21N3O5/c1-2-24-22(27)17-8-6-7-16(13-17)15-25-23(28)20-14-18(26(29)30)11-12-21(20)31-19-9-4-3-5-10-19/h3-14H,2,15H2,1H3,(H,24,27)(H,25,28). The summed E-state index contributed by atoms with van der Waals surface area (Å²) in [5.41, 5.74) is 1.02.